The summed E-state index contributed by atoms with van der Waals surface area (Å²) in [5, 5.41) is 10.4. The van der Waals surface area contributed by atoms with Crippen molar-refractivity contribution in [3.63, 3.8) is 0 Å². The molecule has 0 heterocycles. The molecule has 190 valence electrons. The Hall–Kier alpha value is -1.10. The van der Waals surface area contributed by atoms with Crippen molar-refractivity contribution < 1.29 is 22.7 Å². The summed E-state index contributed by atoms with van der Waals surface area (Å²) in [6.07, 6.45) is 3.04. The van der Waals surface area contributed by atoms with Gasteiger partial charge in [-0.25, -0.2) is 4.39 Å². The summed E-state index contributed by atoms with van der Waals surface area (Å²) < 4.78 is 54.5. The van der Waals surface area contributed by atoms with Gasteiger partial charge < -0.3 is 5.11 Å². The first-order valence-corrected chi connectivity index (χ1v) is 13.4. The Bertz CT molecular complexity index is 914. The van der Waals surface area contributed by atoms with Crippen LogP contribution >= 0.6 is 0 Å². The summed E-state index contributed by atoms with van der Waals surface area (Å²) in [7, 11) is 0. The fraction of sp³-hybridized carbons (Fsp3) is 0.793. The minimum Gasteiger partial charge on any atom is -0.380 e. The Kier molecular flexibility index (Phi) is 5.94. The molecule has 9 atom stereocenters. The molecule has 0 amide bonds. The van der Waals surface area contributed by atoms with Crippen molar-refractivity contribution in [2.75, 3.05) is 0 Å². The fourth-order valence-corrected chi connectivity index (χ4v) is 9.66. The summed E-state index contributed by atoms with van der Waals surface area (Å²) in [6, 6.07) is 6.99. The number of rotatable bonds is 3. The minimum absolute atomic E-state index is 0.0393. The van der Waals surface area contributed by atoms with Gasteiger partial charge in [-0.3, -0.25) is 0 Å². The third-order valence-corrected chi connectivity index (χ3v) is 11.5. The number of aliphatic hydroxyl groups is 1. The summed E-state index contributed by atoms with van der Waals surface area (Å²) >= 11 is 0. The van der Waals surface area contributed by atoms with E-state index in [1.165, 1.54) is 18.9 Å². The molecule has 0 spiro atoms. The molecule has 4 aliphatic rings. The molecule has 0 bridgehead atoms. The normalized spacial score (nSPS) is 45.2. The van der Waals surface area contributed by atoms with Gasteiger partial charge in [0.1, 0.15) is 5.82 Å². The van der Waals surface area contributed by atoms with Crippen LogP contribution in [0.4, 0.5) is 17.6 Å². The fourth-order valence-electron chi connectivity index (χ4n) is 9.66. The Balaban J connectivity index is 1.33. The van der Waals surface area contributed by atoms with Gasteiger partial charge in [0, 0.05) is 0 Å². The molecule has 0 aliphatic heterocycles. The molecule has 4 saturated carbocycles. The lowest BCUT2D eigenvalue weighted by molar-refractivity contribution is -0.290. The lowest BCUT2D eigenvalue weighted by Crippen LogP contribution is -2.59. The summed E-state index contributed by atoms with van der Waals surface area (Å²) in [4.78, 5) is 0. The molecule has 4 fully saturated rings. The predicted octanol–water partition coefficient (Wildman–Crippen LogP) is 7.96. The van der Waals surface area contributed by atoms with Gasteiger partial charge in [0.05, 0.1) is 0 Å². The first kappa shape index (κ1) is 24.6. The van der Waals surface area contributed by atoms with Crippen LogP contribution in [0.25, 0.3) is 0 Å². The topological polar surface area (TPSA) is 20.2 Å². The van der Waals surface area contributed by atoms with Crippen LogP contribution in [0.1, 0.15) is 84.1 Å². The first-order chi connectivity index (χ1) is 15.9. The van der Waals surface area contributed by atoms with E-state index in [1.807, 2.05) is 6.07 Å². The van der Waals surface area contributed by atoms with E-state index < -0.39 is 11.8 Å². The maximum absolute atomic E-state index is 13.7. The number of fused-ring (bicyclic) bond motifs is 5. The molecule has 0 unspecified atom stereocenters. The van der Waals surface area contributed by atoms with E-state index in [1.54, 1.807) is 12.1 Å². The van der Waals surface area contributed by atoms with Crippen molar-refractivity contribution in [1.82, 2.24) is 0 Å². The van der Waals surface area contributed by atoms with E-state index in [-0.39, 0.29) is 35.4 Å². The van der Waals surface area contributed by atoms with E-state index in [9.17, 15) is 22.7 Å². The van der Waals surface area contributed by atoms with E-state index in [0.717, 1.165) is 37.7 Å². The second kappa shape index (κ2) is 8.21. The van der Waals surface area contributed by atoms with Gasteiger partial charge in [-0.2, -0.15) is 13.2 Å². The first-order valence-electron chi connectivity index (χ1n) is 13.4. The van der Waals surface area contributed by atoms with Crippen LogP contribution < -0.4 is 0 Å². The van der Waals surface area contributed by atoms with Crippen LogP contribution in [-0.4, -0.2) is 16.9 Å². The SMILES string of the molecule is C[C@H](Cc1cccc(F)c1)[C@H]1CC[C@H]2[C@@H]3CC[C@@H]4C[C@@](O)(C(F)(F)F)CC[C@]4(C)[C@H]3CC[C@]12C. The monoisotopic (exact) mass is 480 g/mol. The van der Waals surface area contributed by atoms with Crippen molar-refractivity contribution in [3.8, 4) is 0 Å². The Labute approximate surface area is 201 Å². The number of hydrogen-bond donors (Lipinski definition) is 1. The van der Waals surface area contributed by atoms with Gasteiger partial charge in [0.2, 0.25) is 0 Å². The number of benzene rings is 1. The quantitative estimate of drug-likeness (QED) is 0.435. The van der Waals surface area contributed by atoms with Crippen LogP contribution in [0.3, 0.4) is 0 Å². The van der Waals surface area contributed by atoms with Crippen molar-refractivity contribution in [1.29, 1.82) is 0 Å². The van der Waals surface area contributed by atoms with Crippen molar-refractivity contribution in [2.45, 2.75) is 96.8 Å². The Morgan fingerprint density at radius 3 is 2.41 bits per heavy atom. The van der Waals surface area contributed by atoms with E-state index in [0.29, 0.717) is 36.0 Å². The van der Waals surface area contributed by atoms with Crippen LogP contribution in [-0.2, 0) is 6.42 Å². The number of hydrogen-bond acceptors (Lipinski definition) is 1. The third kappa shape index (κ3) is 3.74. The molecule has 34 heavy (non-hydrogen) atoms. The molecule has 1 N–H and O–H groups in total. The third-order valence-electron chi connectivity index (χ3n) is 11.5. The average molecular weight is 481 g/mol. The van der Waals surface area contributed by atoms with E-state index in [2.05, 4.69) is 20.8 Å². The summed E-state index contributed by atoms with van der Waals surface area (Å²) in [5.74, 6) is 2.57. The van der Waals surface area contributed by atoms with Gasteiger partial charge in [-0.1, -0.05) is 32.9 Å². The summed E-state index contributed by atoms with van der Waals surface area (Å²) in [5.41, 5.74) is -1.26. The maximum atomic E-state index is 13.7. The highest BCUT2D eigenvalue weighted by atomic mass is 19.4. The molecular weight excluding hydrogens is 440 g/mol. The van der Waals surface area contributed by atoms with Gasteiger partial charge >= 0.3 is 6.18 Å². The zero-order valence-electron chi connectivity index (χ0n) is 20.8. The van der Waals surface area contributed by atoms with Crippen LogP contribution in [0.2, 0.25) is 0 Å². The van der Waals surface area contributed by atoms with Gasteiger partial charge in [0.15, 0.2) is 5.60 Å². The number of halogens is 4. The van der Waals surface area contributed by atoms with Crippen molar-refractivity contribution >= 4 is 0 Å². The molecule has 1 aromatic carbocycles. The average Bonchev–Trinajstić information content (AvgIpc) is 3.11. The molecule has 5 heteroatoms. The molecule has 5 rings (SSSR count). The number of alkyl halides is 3. The van der Waals surface area contributed by atoms with Crippen molar-refractivity contribution in [3.05, 3.63) is 35.6 Å². The van der Waals surface area contributed by atoms with Crippen LogP contribution in [0.5, 0.6) is 0 Å². The zero-order valence-corrected chi connectivity index (χ0v) is 20.8. The molecule has 0 radical (unpaired) electrons. The Morgan fingerprint density at radius 1 is 0.971 bits per heavy atom. The van der Waals surface area contributed by atoms with Gasteiger partial charge in [0.25, 0.3) is 0 Å². The smallest absolute Gasteiger partial charge is 0.380 e. The lowest BCUT2D eigenvalue weighted by Gasteiger charge is -2.62. The molecular formula is C29H40F4O. The van der Waals surface area contributed by atoms with Crippen molar-refractivity contribution in [2.24, 2.45) is 46.3 Å². The van der Waals surface area contributed by atoms with E-state index >= 15 is 0 Å². The maximum Gasteiger partial charge on any atom is 0.417 e. The highest BCUT2D eigenvalue weighted by Gasteiger charge is 2.65. The van der Waals surface area contributed by atoms with Gasteiger partial charge in [-0.15, -0.1) is 0 Å². The molecule has 0 aromatic heterocycles. The molecule has 1 nitrogen and oxygen atoms in total. The molecule has 4 aliphatic carbocycles. The predicted molar refractivity (Wildman–Crippen MR) is 125 cm³/mol. The second-order valence-electron chi connectivity index (χ2n) is 12.9. The highest BCUT2D eigenvalue weighted by molar-refractivity contribution is 5.18. The standard InChI is InChI=1S/C29H40F4O/c1-18(15-19-5-4-6-21(30)16-19)23-9-10-24-22-8-7-20-17-28(34,29(31,32)33)14-13-26(20,2)25(22)11-12-27(23,24)3/h4-6,16,18,20,22-25,34H,7-15,17H2,1-3H3/t18-,20-,22+,23-,24+,25+,26+,27-,28-/m1/s1. The Morgan fingerprint density at radius 2 is 1.71 bits per heavy atom. The largest absolute Gasteiger partial charge is 0.417 e. The van der Waals surface area contributed by atoms with Crippen LogP contribution in [0.15, 0.2) is 24.3 Å². The summed E-state index contributed by atoms with van der Waals surface area (Å²) in [6.45, 7) is 7.05. The highest BCUT2D eigenvalue weighted by Crippen LogP contribution is 2.69. The van der Waals surface area contributed by atoms with Crippen LogP contribution in [0, 0.1) is 52.2 Å². The minimum atomic E-state index is -4.53. The lowest BCUT2D eigenvalue weighted by atomic mass is 9.43. The zero-order chi connectivity index (χ0) is 24.5. The molecule has 1 aromatic rings. The van der Waals surface area contributed by atoms with Gasteiger partial charge in [-0.05, 0) is 128 Å². The molecule has 0 saturated heterocycles. The second-order valence-corrected chi connectivity index (χ2v) is 12.9. The van der Waals surface area contributed by atoms with E-state index in [4.69, 9.17) is 0 Å².